The summed E-state index contributed by atoms with van der Waals surface area (Å²) in [7, 11) is 0. The first-order valence-corrected chi connectivity index (χ1v) is 10.5. The van der Waals surface area contributed by atoms with Crippen LogP contribution in [0.4, 0.5) is 5.82 Å². The van der Waals surface area contributed by atoms with Gasteiger partial charge >= 0.3 is 5.97 Å². The zero-order valence-corrected chi connectivity index (χ0v) is 19.1. The van der Waals surface area contributed by atoms with Crippen molar-refractivity contribution in [3.8, 4) is 0 Å². The van der Waals surface area contributed by atoms with Gasteiger partial charge in [0.05, 0.1) is 4.47 Å². The maximum absolute atomic E-state index is 12.5. The zero-order chi connectivity index (χ0) is 21.4. The van der Waals surface area contributed by atoms with Crippen molar-refractivity contribution >= 4 is 55.5 Å². The monoisotopic (exact) mass is 525 g/mol. The van der Waals surface area contributed by atoms with Crippen LogP contribution < -0.4 is 10.6 Å². The summed E-state index contributed by atoms with van der Waals surface area (Å²) in [4.78, 5) is 41.0. The van der Waals surface area contributed by atoms with E-state index in [0.717, 1.165) is 4.47 Å². The fourth-order valence-corrected chi connectivity index (χ4v) is 3.52. The SMILES string of the molecule is CC(C)C[C@@H](NC(=O)c1ccccc1)C(=O)OCC(=O)Nc1ncc(Br)cc1Br. The normalized spacial score (nSPS) is 11.6. The number of esters is 1. The van der Waals surface area contributed by atoms with Gasteiger partial charge in [-0.25, -0.2) is 9.78 Å². The summed E-state index contributed by atoms with van der Waals surface area (Å²) in [5, 5.41) is 5.24. The van der Waals surface area contributed by atoms with Crippen LogP contribution in [0, 0.1) is 5.92 Å². The van der Waals surface area contributed by atoms with Gasteiger partial charge in [0.25, 0.3) is 11.8 Å². The minimum absolute atomic E-state index is 0.139. The van der Waals surface area contributed by atoms with E-state index < -0.39 is 24.5 Å². The number of hydrogen-bond donors (Lipinski definition) is 2. The molecule has 7 nitrogen and oxygen atoms in total. The summed E-state index contributed by atoms with van der Waals surface area (Å²) < 4.78 is 6.45. The molecule has 9 heteroatoms. The second-order valence-electron chi connectivity index (χ2n) is 6.66. The van der Waals surface area contributed by atoms with Crippen molar-refractivity contribution in [2.75, 3.05) is 11.9 Å². The Balaban J connectivity index is 1.94. The summed E-state index contributed by atoms with van der Waals surface area (Å²) in [6.07, 6.45) is 1.92. The smallest absolute Gasteiger partial charge is 0.329 e. The first-order valence-electron chi connectivity index (χ1n) is 8.89. The molecule has 1 heterocycles. The summed E-state index contributed by atoms with van der Waals surface area (Å²) >= 11 is 6.57. The van der Waals surface area contributed by atoms with Gasteiger partial charge in [-0.1, -0.05) is 32.0 Å². The third-order valence-corrected chi connectivity index (χ3v) is 4.78. The molecule has 0 saturated heterocycles. The number of rotatable bonds is 8. The number of nitrogens with one attached hydrogen (secondary N) is 2. The number of carbonyl (C=O) groups excluding carboxylic acids is 3. The highest BCUT2D eigenvalue weighted by Crippen LogP contribution is 2.23. The van der Waals surface area contributed by atoms with Crippen molar-refractivity contribution in [2.24, 2.45) is 5.92 Å². The highest BCUT2D eigenvalue weighted by Gasteiger charge is 2.24. The Labute approximate surface area is 185 Å². The van der Waals surface area contributed by atoms with Crippen molar-refractivity contribution in [1.29, 1.82) is 0 Å². The minimum atomic E-state index is -0.854. The number of halogens is 2. The van der Waals surface area contributed by atoms with Gasteiger partial charge < -0.3 is 15.4 Å². The van der Waals surface area contributed by atoms with Crippen molar-refractivity contribution in [1.82, 2.24) is 10.3 Å². The maximum Gasteiger partial charge on any atom is 0.329 e. The van der Waals surface area contributed by atoms with Crippen LogP contribution in [-0.2, 0) is 14.3 Å². The molecule has 2 amide bonds. The fraction of sp³-hybridized carbons (Fsp3) is 0.300. The van der Waals surface area contributed by atoms with Gasteiger partial charge in [-0.2, -0.15) is 0 Å². The highest BCUT2D eigenvalue weighted by molar-refractivity contribution is 9.11. The van der Waals surface area contributed by atoms with E-state index in [1.54, 1.807) is 36.4 Å². The minimum Gasteiger partial charge on any atom is -0.454 e. The molecular weight excluding hydrogens is 506 g/mol. The molecule has 2 rings (SSSR count). The standard InChI is InChI=1S/C20H21Br2N3O4/c1-12(2)8-16(24-19(27)13-6-4-3-5-7-13)20(28)29-11-17(26)25-18-15(22)9-14(21)10-23-18/h3-7,9-10,12,16H,8,11H2,1-2H3,(H,24,27)(H,23,25,26)/t16-/m1/s1. The molecule has 154 valence electrons. The summed E-state index contributed by atoms with van der Waals surface area (Å²) in [5.41, 5.74) is 0.443. The molecule has 29 heavy (non-hydrogen) atoms. The van der Waals surface area contributed by atoms with E-state index in [1.165, 1.54) is 6.20 Å². The largest absolute Gasteiger partial charge is 0.454 e. The molecular formula is C20H21Br2N3O4. The van der Waals surface area contributed by atoms with Gasteiger partial charge in [0.15, 0.2) is 6.61 Å². The molecule has 1 aromatic heterocycles. The van der Waals surface area contributed by atoms with Gasteiger partial charge in [0, 0.05) is 16.2 Å². The van der Waals surface area contributed by atoms with E-state index in [0.29, 0.717) is 22.3 Å². The number of pyridine rings is 1. The van der Waals surface area contributed by atoms with Gasteiger partial charge in [-0.3, -0.25) is 9.59 Å². The average Bonchev–Trinajstić information content (AvgIpc) is 2.68. The Morgan fingerprint density at radius 2 is 1.83 bits per heavy atom. The Kier molecular flexibility index (Phi) is 8.78. The maximum atomic E-state index is 12.5. The number of ether oxygens (including phenoxy) is 1. The highest BCUT2D eigenvalue weighted by atomic mass is 79.9. The van der Waals surface area contributed by atoms with Gasteiger partial charge in [0.2, 0.25) is 0 Å². The molecule has 1 atom stereocenters. The Morgan fingerprint density at radius 3 is 2.45 bits per heavy atom. The first kappa shape index (κ1) is 23.0. The van der Waals surface area contributed by atoms with Crippen LogP contribution in [0.15, 0.2) is 51.5 Å². The van der Waals surface area contributed by atoms with E-state index in [2.05, 4.69) is 47.5 Å². The third kappa shape index (κ3) is 7.58. The third-order valence-electron chi connectivity index (χ3n) is 3.74. The molecule has 0 bridgehead atoms. The van der Waals surface area contributed by atoms with Crippen LogP contribution in [0.3, 0.4) is 0 Å². The van der Waals surface area contributed by atoms with Crippen molar-refractivity contribution in [2.45, 2.75) is 26.3 Å². The van der Waals surface area contributed by atoms with E-state index in [4.69, 9.17) is 4.74 Å². The molecule has 0 spiro atoms. The van der Waals surface area contributed by atoms with Crippen LogP contribution in [0.25, 0.3) is 0 Å². The molecule has 0 aliphatic rings. The lowest BCUT2D eigenvalue weighted by molar-refractivity contribution is -0.149. The Morgan fingerprint density at radius 1 is 1.14 bits per heavy atom. The molecule has 0 aliphatic heterocycles. The quantitative estimate of drug-likeness (QED) is 0.508. The molecule has 0 unspecified atom stereocenters. The lowest BCUT2D eigenvalue weighted by atomic mass is 10.0. The molecule has 2 N–H and O–H groups in total. The summed E-state index contributed by atoms with van der Waals surface area (Å²) in [6, 6.07) is 9.47. The molecule has 0 fully saturated rings. The number of benzene rings is 1. The van der Waals surface area contributed by atoms with E-state index in [1.807, 2.05) is 13.8 Å². The van der Waals surface area contributed by atoms with Crippen molar-refractivity contribution in [3.05, 3.63) is 57.1 Å². The van der Waals surface area contributed by atoms with Crippen LogP contribution >= 0.6 is 31.9 Å². The number of amides is 2. The molecule has 0 radical (unpaired) electrons. The summed E-state index contributed by atoms with van der Waals surface area (Å²) in [5.74, 6) is -1.13. The van der Waals surface area contributed by atoms with E-state index >= 15 is 0 Å². The number of hydrogen-bond acceptors (Lipinski definition) is 5. The second kappa shape index (κ2) is 11.1. The van der Waals surface area contributed by atoms with Crippen LogP contribution in [0.5, 0.6) is 0 Å². The van der Waals surface area contributed by atoms with Crippen LogP contribution in [0.2, 0.25) is 0 Å². The second-order valence-corrected chi connectivity index (χ2v) is 8.43. The predicted octanol–water partition coefficient (Wildman–Crippen LogP) is 3.93. The molecule has 2 aromatic rings. The number of aromatic nitrogens is 1. The van der Waals surface area contributed by atoms with Crippen molar-refractivity contribution < 1.29 is 19.1 Å². The Bertz CT molecular complexity index is 875. The van der Waals surface area contributed by atoms with Crippen LogP contribution in [-0.4, -0.2) is 35.4 Å². The molecule has 1 aromatic carbocycles. The van der Waals surface area contributed by atoms with Gasteiger partial charge in [-0.15, -0.1) is 0 Å². The number of nitrogens with zero attached hydrogens (tertiary/aromatic N) is 1. The molecule has 0 saturated carbocycles. The fourth-order valence-electron chi connectivity index (χ4n) is 2.43. The number of anilines is 1. The lowest BCUT2D eigenvalue weighted by Gasteiger charge is -2.19. The number of carbonyl (C=O) groups is 3. The Hall–Kier alpha value is -2.26. The zero-order valence-electron chi connectivity index (χ0n) is 15.9. The van der Waals surface area contributed by atoms with E-state index in [-0.39, 0.29) is 11.8 Å². The van der Waals surface area contributed by atoms with Gasteiger partial charge in [-0.05, 0) is 62.4 Å². The van der Waals surface area contributed by atoms with E-state index in [9.17, 15) is 14.4 Å². The van der Waals surface area contributed by atoms with Crippen LogP contribution in [0.1, 0.15) is 30.6 Å². The molecule has 0 aliphatic carbocycles. The van der Waals surface area contributed by atoms with Gasteiger partial charge in [0.1, 0.15) is 11.9 Å². The topological polar surface area (TPSA) is 97.4 Å². The lowest BCUT2D eigenvalue weighted by Crippen LogP contribution is -2.43. The predicted molar refractivity (Wildman–Crippen MR) is 116 cm³/mol. The average molecular weight is 527 g/mol. The summed E-state index contributed by atoms with van der Waals surface area (Å²) in [6.45, 7) is 3.37. The van der Waals surface area contributed by atoms with Crippen molar-refractivity contribution in [3.63, 3.8) is 0 Å². The first-order chi connectivity index (χ1) is 13.8.